The lowest BCUT2D eigenvalue weighted by atomic mass is 10.1. The first kappa shape index (κ1) is 25.4. The molecule has 0 spiro atoms. The smallest absolute Gasteiger partial charge is 0.255 e. The predicted octanol–water partition coefficient (Wildman–Crippen LogP) is 7.19. The van der Waals surface area contributed by atoms with Crippen molar-refractivity contribution in [3.05, 3.63) is 96.6 Å². The number of ether oxygens (including phenoxy) is 1. The van der Waals surface area contributed by atoms with Gasteiger partial charge in [0.1, 0.15) is 5.75 Å². The van der Waals surface area contributed by atoms with E-state index in [4.69, 9.17) is 4.74 Å². The molecule has 0 saturated heterocycles. The van der Waals surface area contributed by atoms with E-state index in [0.29, 0.717) is 17.0 Å². The summed E-state index contributed by atoms with van der Waals surface area (Å²) < 4.78 is 7.49. The van der Waals surface area contributed by atoms with Gasteiger partial charge in [0.2, 0.25) is 5.91 Å². The molecule has 0 aliphatic rings. The standard InChI is InChI=1S/C31H29N3O3S/c1-4-34-28-14-6-5-13-26(28)27-19-23(15-16-29(27)34)32-30(35)20(2)38-25-12-8-10-22(18-25)33-31(36)21-9-7-11-24(17-21)37-3/h5-20H,4H2,1-3H3,(H,32,35)(H,33,36). The van der Waals surface area contributed by atoms with Crippen molar-refractivity contribution in [1.82, 2.24) is 4.57 Å². The normalized spacial score (nSPS) is 11.9. The molecule has 38 heavy (non-hydrogen) atoms. The van der Waals surface area contributed by atoms with Crippen LogP contribution < -0.4 is 15.4 Å². The Hall–Kier alpha value is -4.23. The fourth-order valence-corrected chi connectivity index (χ4v) is 5.51. The molecule has 0 aliphatic carbocycles. The molecular formula is C31H29N3O3S. The lowest BCUT2D eigenvalue weighted by Crippen LogP contribution is -2.22. The molecule has 2 N–H and O–H groups in total. The number of rotatable bonds is 8. The van der Waals surface area contributed by atoms with E-state index in [0.717, 1.165) is 28.0 Å². The van der Waals surface area contributed by atoms with E-state index < -0.39 is 0 Å². The van der Waals surface area contributed by atoms with Crippen LogP contribution in [-0.4, -0.2) is 28.7 Å². The number of hydrogen-bond acceptors (Lipinski definition) is 4. The maximum atomic E-state index is 13.1. The number of aryl methyl sites for hydroxylation is 1. The van der Waals surface area contributed by atoms with Gasteiger partial charge in [-0.1, -0.05) is 30.3 Å². The van der Waals surface area contributed by atoms with Crippen molar-refractivity contribution in [3.8, 4) is 5.75 Å². The van der Waals surface area contributed by atoms with Crippen LogP contribution in [0.2, 0.25) is 0 Å². The Balaban J connectivity index is 1.27. The molecular weight excluding hydrogens is 494 g/mol. The number of fused-ring (bicyclic) bond motifs is 3. The van der Waals surface area contributed by atoms with E-state index in [1.165, 1.54) is 22.7 Å². The molecule has 0 bridgehead atoms. The minimum absolute atomic E-state index is 0.0839. The first-order valence-corrected chi connectivity index (χ1v) is 13.4. The number of thioether (sulfide) groups is 1. The van der Waals surface area contributed by atoms with Crippen molar-refractivity contribution in [2.24, 2.45) is 0 Å². The summed E-state index contributed by atoms with van der Waals surface area (Å²) in [5.41, 5.74) is 4.29. The number of nitrogens with one attached hydrogen (secondary N) is 2. The number of hydrogen-bond donors (Lipinski definition) is 2. The number of carbonyl (C=O) groups is 2. The molecule has 0 fully saturated rings. The third-order valence-corrected chi connectivity index (χ3v) is 7.56. The highest BCUT2D eigenvalue weighted by Gasteiger charge is 2.17. The quantitative estimate of drug-likeness (QED) is 0.211. The Morgan fingerprint density at radius 3 is 2.42 bits per heavy atom. The number of aromatic nitrogens is 1. The topological polar surface area (TPSA) is 72.4 Å². The van der Waals surface area contributed by atoms with E-state index >= 15 is 0 Å². The summed E-state index contributed by atoms with van der Waals surface area (Å²) in [5, 5.41) is 7.96. The van der Waals surface area contributed by atoms with Crippen molar-refractivity contribution in [2.75, 3.05) is 17.7 Å². The average Bonchev–Trinajstić information content (AvgIpc) is 3.26. The van der Waals surface area contributed by atoms with Gasteiger partial charge in [0.15, 0.2) is 0 Å². The Labute approximate surface area is 226 Å². The molecule has 1 unspecified atom stereocenters. The van der Waals surface area contributed by atoms with Gasteiger partial charge in [-0.15, -0.1) is 11.8 Å². The van der Waals surface area contributed by atoms with Gasteiger partial charge in [0.05, 0.1) is 12.4 Å². The fourth-order valence-electron chi connectivity index (χ4n) is 4.59. The first-order chi connectivity index (χ1) is 18.5. The molecule has 6 nitrogen and oxygen atoms in total. The Morgan fingerprint density at radius 2 is 1.61 bits per heavy atom. The van der Waals surface area contributed by atoms with Gasteiger partial charge < -0.3 is 19.9 Å². The van der Waals surface area contributed by atoms with Crippen LogP contribution in [0.4, 0.5) is 11.4 Å². The molecule has 4 aromatic carbocycles. The molecule has 1 aromatic heterocycles. The summed E-state index contributed by atoms with van der Waals surface area (Å²) in [6.07, 6.45) is 0. The molecule has 0 saturated carbocycles. The Kier molecular flexibility index (Phi) is 7.38. The average molecular weight is 524 g/mol. The van der Waals surface area contributed by atoms with Crippen molar-refractivity contribution >= 4 is 56.8 Å². The highest BCUT2D eigenvalue weighted by atomic mass is 32.2. The highest BCUT2D eigenvalue weighted by molar-refractivity contribution is 8.00. The van der Waals surface area contributed by atoms with Gasteiger partial charge in [0, 0.05) is 50.2 Å². The fraction of sp³-hybridized carbons (Fsp3) is 0.161. The van der Waals surface area contributed by atoms with Gasteiger partial charge in [-0.05, 0) is 74.5 Å². The minimum Gasteiger partial charge on any atom is -0.497 e. The van der Waals surface area contributed by atoms with Crippen molar-refractivity contribution in [1.29, 1.82) is 0 Å². The molecule has 5 rings (SSSR count). The number of carbonyl (C=O) groups excluding carboxylic acids is 2. The van der Waals surface area contributed by atoms with E-state index in [9.17, 15) is 9.59 Å². The van der Waals surface area contributed by atoms with E-state index in [2.05, 4.69) is 40.3 Å². The monoisotopic (exact) mass is 523 g/mol. The maximum absolute atomic E-state index is 13.1. The Morgan fingerprint density at radius 1 is 0.842 bits per heavy atom. The second-order valence-electron chi connectivity index (χ2n) is 8.96. The van der Waals surface area contributed by atoms with Gasteiger partial charge in [-0.2, -0.15) is 0 Å². The maximum Gasteiger partial charge on any atom is 0.255 e. The largest absolute Gasteiger partial charge is 0.497 e. The van der Waals surface area contributed by atoms with Crippen LogP contribution >= 0.6 is 11.8 Å². The van der Waals surface area contributed by atoms with Crippen molar-refractivity contribution < 1.29 is 14.3 Å². The van der Waals surface area contributed by atoms with E-state index in [1.807, 2.05) is 55.5 Å². The molecule has 1 heterocycles. The first-order valence-electron chi connectivity index (χ1n) is 12.5. The lowest BCUT2D eigenvalue weighted by molar-refractivity contribution is -0.115. The van der Waals surface area contributed by atoms with Gasteiger partial charge in [-0.25, -0.2) is 0 Å². The molecule has 2 amide bonds. The Bertz CT molecular complexity index is 1640. The minimum atomic E-state index is -0.341. The number of para-hydroxylation sites is 1. The van der Waals surface area contributed by atoms with Gasteiger partial charge in [0.25, 0.3) is 5.91 Å². The summed E-state index contributed by atoms with van der Waals surface area (Å²) in [6.45, 7) is 4.89. The second-order valence-corrected chi connectivity index (χ2v) is 10.4. The zero-order chi connectivity index (χ0) is 26.6. The molecule has 5 aromatic rings. The van der Waals surface area contributed by atoms with E-state index in [-0.39, 0.29) is 17.1 Å². The number of benzene rings is 4. The van der Waals surface area contributed by atoms with Crippen LogP contribution in [0.3, 0.4) is 0 Å². The van der Waals surface area contributed by atoms with Gasteiger partial charge >= 0.3 is 0 Å². The molecule has 7 heteroatoms. The van der Waals surface area contributed by atoms with E-state index in [1.54, 1.807) is 31.4 Å². The van der Waals surface area contributed by atoms with Crippen LogP contribution in [0.5, 0.6) is 5.75 Å². The summed E-state index contributed by atoms with van der Waals surface area (Å²) in [5.74, 6) is 0.313. The molecule has 192 valence electrons. The molecule has 0 aliphatic heterocycles. The number of anilines is 2. The van der Waals surface area contributed by atoms with Gasteiger partial charge in [-0.3, -0.25) is 9.59 Å². The molecule has 0 radical (unpaired) electrons. The zero-order valence-corrected chi connectivity index (χ0v) is 22.3. The summed E-state index contributed by atoms with van der Waals surface area (Å²) in [4.78, 5) is 26.6. The summed E-state index contributed by atoms with van der Waals surface area (Å²) in [6, 6.07) is 28.9. The number of methoxy groups -OCH3 is 1. The van der Waals surface area contributed by atoms with Crippen LogP contribution in [0, 0.1) is 0 Å². The highest BCUT2D eigenvalue weighted by Crippen LogP contribution is 2.32. The number of amides is 2. The van der Waals surface area contributed by atoms with Crippen LogP contribution in [0.1, 0.15) is 24.2 Å². The van der Waals surface area contributed by atoms with Crippen molar-refractivity contribution in [2.45, 2.75) is 30.5 Å². The number of nitrogens with zero attached hydrogens (tertiary/aromatic N) is 1. The third kappa shape index (κ3) is 5.24. The van der Waals surface area contributed by atoms with Crippen LogP contribution in [0.15, 0.2) is 95.9 Å². The van der Waals surface area contributed by atoms with Crippen molar-refractivity contribution in [3.63, 3.8) is 0 Å². The SMILES string of the molecule is CCn1c2ccccc2c2cc(NC(=O)C(C)Sc3cccc(NC(=O)c4cccc(OC)c4)c3)ccc21. The van der Waals surface area contributed by atoms with Crippen LogP contribution in [0.25, 0.3) is 21.8 Å². The van der Waals surface area contributed by atoms with Crippen LogP contribution in [-0.2, 0) is 11.3 Å². The zero-order valence-electron chi connectivity index (χ0n) is 21.5. The molecule has 1 atom stereocenters. The lowest BCUT2D eigenvalue weighted by Gasteiger charge is -2.13. The summed E-state index contributed by atoms with van der Waals surface area (Å²) in [7, 11) is 1.57. The third-order valence-electron chi connectivity index (χ3n) is 6.46. The predicted molar refractivity (Wildman–Crippen MR) is 156 cm³/mol. The second kappa shape index (κ2) is 11.0. The summed E-state index contributed by atoms with van der Waals surface area (Å²) >= 11 is 1.44.